The van der Waals surface area contributed by atoms with Crippen LogP contribution in [0.2, 0.25) is 0 Å². The van der Waals surface area contributed by atoms with Gasteiger partial charge in [-0.15, -0.1) is 0 Å². The molecule has 0 aliphatic heterocycles. The van der Waals surface area contributed by atoms with Crippen molar-refractivity contribution < 1.29 is 0 Å². The van der Waals surface area contributed by atoms with E-state index in [0.29, 0.717) is 5.95 Å². The second-order valence-corrected chi connectivity index (χ2v) is 4.08. The summed E-state index contributed by atoms with van der Waals surface area (Å²) in [4.78, 5) is 8.29. The monoisotopic (exact) mass is 263 g/mol. The highest BCUT2D eigenvalue weighted by atomic mass is 79.9. The van der Waals surface area contributed by atoms with Crippen molar-refractivity contribution in [1.82, 2.24) is 9.97 Å². The average molecular weight is 264 g/mol. The summed E-state index contributed by atoms with van der Waals surface area (Å²) in [6.45, 7) is 2.04. The lowest BCUT2D eigenvalue weighted by Gasteiger charge is -2.06. The van der Waals surface area contributed by atoms with Crippen LogP contribution < -0.4 is 5.32 Å². The predicted octanol–water partition coefficient (Wildman–Crippen LogP) is 3.29. The van der Waals surface area contributed by atoms with Crippen molar-refractivity contribution in [3.8, 4) is 0 Å². The van der Waals surface area contributed by atoms with E-state index in [9.17, 15) is 0 Å². The van der Waals surface area contributed by atoms with E-state index in [1.54, 1.807) is 12.4 Å². The topological polar surface area (TPSA) is 37.8 Å². The maximum atomic E-state index is 4.15. The van der Waals surface area contributed by atoms with Crippen molar-refractivity contribution in [3.63, 3.8) is 0 Å². The molecule has 0 bridgehead atoms. The molecule has 0 aliphatic rings. The Morgan fingerprint density at radius 3 is 2.47 bits per heavy atom. The summed E-state index contributed by atoms with van der Waals surface area (Å²) in [5.41, 5.74) is 2.20. The summed E-state index contributed by atoms with van der Waals surface area (Å²) in [5.74, 6) is 0.604. The van der Waals surface area contributed by atoms with Crippen molar-refractivity contribution in [2.45, 2.75) is 6.92 Å². The lowest BCUT2D eigenvalue weighted by Crippen LogP contribution is -1.97. The molecule has 2 rings (SSSR count). The number of nitrogens with one attached hydrogen (secondary N) is 1. The van der Waals surface area contributed by atoms with Crippen LogP contribution in [-0.2, 0) is 0 Å². The fraction of sp³-hybridized carbons (Fsp3) is 0.0909. The van der Waals surface area contributed by atoms with Gasteiger partial charge >= 0.3 is 0 Å². The van der Waals surface area contributed by atoms with Crippen LogP contribution in [0.25, 0.3) is 0 Å². The third-order valence-corrected chi connectivity index (χ3v) is 2.42. The number of benzene rings is 1. The molecule has 0 atom stereocenters. The maximum absolute atomic E-state index is 4.15. The average Bonchev–Trinajstić information content (AvgIpc) is 2.25. The molecule has 1 N–H and O–H groups in total. The molecule has 0 saturated carbocycles. The zero-order valence-electron chi connectivity index (χ0n) is 8.24. The molecule has 0 amide bonds. The van der Waals surface area contributed by atoms with Gasteiger partial charge < -0.3 is 5.32 Å². The largest absolute Gasteiger partial charge is 0.324 e. The number of hydrogen-bond acceptors (Lipinski definition) is 3. The van der Waals surface area contributed by atoms with Crippen molar-refractivity contribution in [2.75, 3.05) is 5.32 Å². The van der Waals surface area contributed by atoms with Crippen LogP contribution in [-0.4, -0.2) is 9.97 Å². The first-order valence-corrected chi connectivity index (χ1v) is 5.35. The summed E-state index contributed by atoms with van der Waals surface area (Å²) in [7, 11) is 0. The van der Waals surface area contributed by atoms with Gasteiger partial charge in [-0.1, -0.05) is 18.2 Å². The number of rotatable bonds is 2. The van der Waals surface area contributed by atoms with Gasteiger partial charge in [-0.2, -0.15) is 0 Å². The maximum Gasteiger partial charge on any atom is 0.227 e. The number of para-hydroxylation sites is 1. The van der Waals surface area contributed by atoms with Crippen LogP contribution in [0.1, 0.15) is 5.56 Å². The molecule has 15 heavy (non-hydrogen) atoms. The van der Waals surface area contributed by atoms with Gasteiger partial charge in [0, 0.05) is 18.1 Å². The minimum absolute atomic E-state index is 0.604. The van der Waals surface area contributed by atoms with Crippen LogP contribution in [0.5, 0.6) is 0 Å². The van der Waals surface area contributed by atoms with Gasteiger partial charge in [0.2, 0.25) is 5.95 Å². The molecule has 2 aromatic rings. The molecule has 3 nitrogen and oxygen atoms in total. The molecule has 0 spiro atoms. The van der Waals surface area contributed by atoms with Gasteiger partial charge in [-0.25, -0.2) is 9.97 Å². The van der Waals surface area contributed by atoms with E-state index in [1.165, 1.54) is 5.56 Å². The fourth-order valence-electron chi connectivity index (χ4n) is 1.21. The third kappa shape index (κ3) is 2.53. The Morgan fingerprint density at radius 2 is 1.80 bits per heavy atom. The lowest BCUT2D eigenvalue weighted by molar-refractivity contribution is 1.15. The molecule has 1 aromatic carbocycles. The Morgan fingerprint density at radius 1 is 1.13 bits per heavy atom. The number of hydrogen-bond donors (Lipinski definition) is 1. The molecular formula is C11H10BrN3. The predicted molar refractivity (Wildman–Crippen MR) is 64.2 cm³/mol. The van der Waals surface area contributed by atoms with E-state index in [2.05, 4.69) is 31.2 Å². The van der Waals surface area contributed by atoms with Crippen molar-refractivity contribution >= 4 is 27.6 Å². The van der Waals surface area contributed by atoms with Gasteiger partial charge in [-0.3, -0.25) is 0 Å². The fourth-order valence-corrected chi connectivity index (χ4v) is 1.42. The Bertz CT molecular complexity index is 454. The molecule has 76 valence electrons. The summed E-state index contributed by atoms with van der Waals surface area (Å²) in [6, 6.07) is 8.03. The highest BCUT2D eigenvalue weighted by Gasteiger charge is 1.99. The van der Waals surface area contributed by atoms with E-state index >= 15 is 0 Å². The Labute approximate surface area is 96.7 Å². The Kier molecular flexibility index (Phi) is 2.97. The molecular weight excluding hydrogens is 254 g/mol. The van der Waals surface area contributed by atoms with E-state index in [-0.39, 0.29) is 0 Å². The normalized spacial score (nSPS) is 10.0. The van der Waals surface area contributed by atoms with Gasteiger partial charge in [-0.05, 0) is 34.5 Å². The number of nitrogens with zero attached hydrogens (tertiary/aromatic N) is 2. The summed E-state index contributed by atoms with van der Waals surface area (Å²) in [6.07, 6.45) is 3.43. The molecule has 0 fully saturated rings. The summed E-state index contributed by atoms with van der Waals surface area (Å²) in [5, 5.41) is 3.16. The molecule has 4 heteroatoms. The Balaban J connectivity index is 2.22. The quantitative estimate of drug-likeness (QED) is 0.904. The second kappa shape index (κ2) is 4.40. The molecule has 1 aromatic heterocycles. The minimum Gasteiger partial charge on any atom is -0.324 e. The van der Waals surface area contributed by atoms with Gasteiger partial charge in [0.1, 0.15) is 0 Å². The number of anilines is 2. The zero-order chi connectivity index (χ0) is 10.7. The number of aromatic nitrogens is 2. The smallest absolute Gasteiger partial charge is 0.227 e. The van der Waals surface area contributed by atoms with Gasteiger partial charge in [0.25, 0.3) is 0 Å². The third-order valence-electron chi connectivity index (χ3n) is 2.01. The second-order valence-electron chi connectivity index (χ2n) is 3.16. The van der Waals surface area contributed by atoms with E-state index in [0.717, 1.165) is 10.2 Å². The number of halogens is 1. The van der Waals surface area contributed by atoms with E-state index < -0.39 is 0 Å². The van der Waals surface area contributed by atoms with Crippen molar-refractivity contribution in [3.05, 3.63) is 46.7 Å². The van der Waals surface area contributed by atoms with Crippen molar-refractivity contribution in [2.24, 2.45) is 0 Å². The first-order valence-electron chi connectivity index (χ1n) is 4.56. The molecule has 0 saturated heterocycles. The zero-order valence-corrected chi connectivity index (χ0v) is 9.82. The van der Waals surface area contributed by atoms with Crippen LogP contribution in [0.15, 0.2) is 41.1 Å². The first-order chi connectivity index (χ1) is 7.25. The van der Waals surface area contributed by atoms with Crippen LogP contribution >= 0.6 is 15.9 Å². The van der Waals surface area contributed by atoms with Gasteiger partial charge in [0.15, 0.2) is 0 Å². The summed E-state index contributed by atoms with van der Waals surface area (Å²) >= 11 is 3.29. The molecule has 0 aliphatic carbocycles. The Hall–Kier alpha value is -1.42. The molecule has 0 radical (unpaired) electrons. The van der Waals surface area contributed by atoms with Crippen molar-refractivity contribution in [1.29, 1.82) is 0 Å². The van der Waals surface area contributed by atoms with Crippen LogP contribution in [0, 0.1) is 6.92 Å². The van der Waals surface area contributed by atoms with Gasteiger partial charge in [0.05, 0.1) is 4.47 Å². The van der Waals surface area contributed by atoms with Crippen LogP contribution in [0.3, 0.4) is 0 Å². The highest BCUT2D eigenvalue weighted by Crippen LogP contribution is 2.17. The highest BCUT2D eigenvalue weighted by molar-refractivity contribution is 9.10. The summed E-state index contributed by atoms with van der Waals surface area (Å²) < 4.78 is 0.873. The van der Waals surface area contributed by atoms with E-state index in [1.807, 2.05) is 31.2 Å². The van der Waals surface area contributed by atoms with E-state index in [4.69, 9.17) is 0 Å². The molecule has 0 unspecified atom stereocenters. The molecule has 1 heterocycles. The standard InChI is InChI=1S/C11H10BrN3/c1-8-4-2-3-5-10(8)15-11-13-6-9(12)7-14-11/h2-7H,1H3,(H,13,14,15). The minimum atomic E-state index is 0.604. The SMILES string of the molecule is Cc1ccccc1Nc1ncc(Br)cn1. The lowest BCUT2D eigenvalue weighted by atomic mass is 10.2. The number of aryl methyl sites for hydroxylation is 1. The van der Waals surface area contributed by atoms with Crippen LogP contribution in [0.4, 0.5) is 11.6 Å². The first kappa shape index (κ1) is 10.1.